The van der Waals surface area contributed by atoms with Gasteiger partial charge in [0.25, 0.3) is 5.91 Å². The van der Waals surface area contributed by atoms with E-state index in [-0.39, 0.29) is 31.1 Å². The molecule has 9 heteroatoms. The Morgan fingerprint density at radius 1 is 1.00 bits per heavy atom. The molecule has 0 unspecified atom stereocenters. The Balaban J connectivity index is 1.42. The summed E-state index contributed by atoms with van der Waals surface area (Å²) in [6.07, 6.45) is 1.91. The lowest BCUT2D eigenvalue weighted by atomic mass is 9.95. The maximum absolute atomic E-state index is 12.7. The lowest BCUT2D eigenvalue weighted by molar-refractivity contribution is -0.139. The van der Waals surface area contributed by atoms with Gasteiger partial charge in [0.2, 0.25) is 0 Å². The molecule has 0 radical (unpaired) electrons. The highest BCUT2D eigenvalue weighted by Crippen LogP contribution is 2.41. The fraction of sp³-hybridized carbons (Fsp3) is 0.269. The van der Waals surface area contributed by atoms with E-state index in [9.17, 15) is 9.59 Å². The molecule has 0 aliphatic carbocycles. The Labute approximate surface area is 208 Å². The van der Waals surface area contributed by atoms with Crippen LogP contribution in [0.25, 0.3) is 0 Å². The summed E-state index contributed by atoms with van der Waals surface area (Å²) in [5.41, 5.74) is 2.70. The summed E-state index contributed by atoms with van der Waals surface area (Å²) in [4.78, 5) is 31.6. The van der Waals surface area contributed by atoms with E-state index < -0.39 is 0 Å². The van der Waals surface area contributed by atoms with E-state index in [1.807, 2.05) is 42.5 Å². The van der Waals surface area contributed by atoms with E-state index in [4.69, 9.17) is 14.2 Å². The molecule has 1 amide bonds. The molecule has 2 heterocycles. The summed E-state index contributed by atoms with van der Waals surface area (Å²) in [6, 6.07) is 14.1. The molecule has 2 aromatic rings. The monoisotopic (exact) mass is 493 g/mol. The number of amides is 1. The Hall–Kier alpha value is -3.72. The first kappa shape index (κ1) is 24.4. The Morgan fingerprint density at radius 2 is 1.69 bits per heavy atom. The molecule has 1 atom stereocenters. The topological polar surface area (TPSA) is 89.5 Å². The van der Waals surface area contributed by atoms with Crippen molar-refractivity contribution in [2.24, 2.45) is 4.99 Å². The van der Waals surface area contributed by atoms with Crippen molar-refractivity contribution >= 4 is 34.5 Å². The number of hydrogen-bond donors (Lipinski definition) is 1. The minimum absolute atomic E-state index is 0.134. The van der Waals surface area contributed by atoms with Crippen LogP contribution in [0, 0.1) is 0 Å². The van der Waals surface area contributed by atoms with Gasteiger partial charge in [0.15, 0.2) is 11.8 Å². The second kappa shape index (κ2) is 11.1. The zero-order valence-electron chi connectivity index (χ0n) is 19.8. The van der Waals surface area contributed by atoms with Gasteiger partial charge in [-0.05, 0) is 68.1 Å². The van der Waals surface area contributed by atoms with Gasteiger partial charge in [0.05, 0.1) is 30.5 Å². The maximum atomic E-state index is 12.7. The molecule has 2 aliphatic rings. The molecule has 0 saturated carbocycles. The van der Waals surface area contributed by atoms with Gasteiger partial charge in [-0.2, -0.15) is 0 Å². The number of hydrogen-bond acceptors (Lipinski definition) is 8. The molecular formula is C26H27N3O5S. The molecule has 2 aliphatic heterocycles. The third-order valence-corrected chi connectivity index (χ3v) is 6.10. The summed E-state index contributed by atoms with van der Waals surface area (Å²) in [7, 11) is 0. The summed E-state index contributed by atoms with van der Waals surface area (Å²) in [5.74, 6) is 0.644. The van der Waals surface area contributed by atoms with Gasteiger partial charge in [-0.3, -0.25) is 4.79 Å². The molecule has 0 spiro atoms. The highest BCUT2D eigenvalue weighted by molar-refractivity contribution is 8.16. The van der Waals surface area contributed by atoms with Crippen LogP contribution in [0.15, 0.2) is 76.4 Å². The number of nitrogens with zero attached hydrogens (tertiary/aromatic N) is 2. The lowest BCUT2D eigenvalue weighted by Gasteiger charge is -2.33. The van der Waals surface area contributed by atoms with Crippen LogP contribution in [0.3, 0.4) is 0 Å². The van der Waals surface area contributed by atoms with Crippen molar-refractivity contribution in [1.29, 1.82) is 0 Å². The average Bonchev–Trinajstić information content (AvgIpc) is 3.32. The number of rotatable bonds is 9. The van der Waals surface area contributed by atoms with Crippen molar-refractivity contribution < 1.29 is 23.8 Å². The van der Waals surface area contributed by atoms with Crippen LogP contribution in [0.4, 0.5) is 5.69 Å². The van der Waals surface area contributed by atoms with Crippen LogP contribution >= 0.6 is 11.8 Å². The standard InChI is InChI=1S/C26H27N3O5S/c1-4-32-20-12-8-19(9-13-20)28-22(30)16-34-21-10-6-18(7-11-21)24-23(25(31)33-5-2)17(3)27-26-29(24)14-15-35-26/h6-15,24H,4-5,16H2,1-3H3,(H,28,30)/t24-/m1/s1. The Morgan fingerprint density at radius 3 is 2.37 bits per heavy atom. The quantitative estimate of drug-likeness (QED) is 0.499. The second-order valence-corrected chi connectivity index (χ2v) is 8.56. The number of carbonyl (C=O) groups excluding carboxylic acids is 2. The van der Waals surface area contributed by atoms with Crippen LogP contribution < -0.4 is 14.8 Å². The highest BCUT2D eigenvalue weighted by atomic mass is 32.2. The van der Waals surface area contributed by atoms with Crippen molar-refractivity contribution in [3.8, 4) is 11.5 Å². The number of thioether (sulfide) groups is 1. The largest absolute Gasteiger partial charge is 0.494 e. The van der Waals surface area contributed by atoms with Crippen molar-refractivity contribution in [3.63, 3.8) is 0 Å². The predicted octanol–water partition coefficient (Wildman–Crippen LogP) is 4.87. The first-order chi connectivity index (χ1) is 17.0. The van der Waals surface area contributed by atoms with Crippen LogP contribution in [0.5, 0.6) is 11.5 Å². The molecule has 4 rings (SSSR count). The highest BCUT2D eigenvalue weighted by Gasteiger charge is 2.37. The Kier molecular flexibility index (Phi) is 7.77. The minimum atomic E-state index is -0.380. The van der Waals surface area contributed by atoms with E-state index in [0.29, 0.717) is 29.3 Å². The fourth-order valence-electron chi connectivity index (χ4n) is 3.79. The number of esters is 1. The molecule has 0 aromatic heterocycles. The molecule has 0 saturated heterocycles. The molecule has 8 nitrogen and oxygen atoms in total. The summed E-state index contributed by atoms with van der Waals surface area (Å²) in [6.45, 7) is 6.26. The summed E-state index contributed by atoms with van der Waals surface area (Å²) in [5, 5.41) is 5.55. The summed E-state index contributed by atoms with van der Waals surface area (Å²) >= 11 is 1.51. The van der Waals surface area contributed by atoms with Crippen LogP contribution in [0.2, 0.25) is 0 Å². The lowest BCUT2D eigenvalue weighted by Crippen LogP contribution is -2.34. The summed E-state index contributed by atoms with van der Waals surface area (Å²) < 4.78 is 16.4. The van der Waals surface area contributed by atoms with Gasteiger partial charge in [-0.15, -0.1) is 0 Å². The first-order valence-electron chi connectivity index (χ1n) is 11.3. The van der Waals surface area contributed by atoms with Crippen molar-refractivity contribution in [2.75, 3.05) is 25.1 Å². The molecule has 0 fully saturated rings. The number of nitrogens with one attached hydrogen (secondary N) is 1. The van der Waals surface area contributed by atoms with Gasteiger partial charge in [-0.1, -0.05) is 23.9 Å². The third-order valence-electron chi connectivity index (χ3n) is 5.33. The molecule has 35 heavy (non-hydrogen) atoms. The SMILES string of the molecule is CCOC(=O)C1=C(C)N=C2SC=CN2[C@@H]1c1ccc(OCC(=O)Nc2ccc(OCC)cc2)cc1. The molecule has 182 valence electrons. The van der Waals surface area contributed by atoms with Gasteiger partial charge in [0.1, 0.15) is 11.5 Å². The third kappa shape index (κ3) is 5.68. The number of carbonyl (C=O) groups is 2. The predicted molar refractivity (Wildman–Crippen MR) is 136 cm³/mol. The van der Waals surface area contributed by atoms with Gasteiger partial charge in [0, 0.05) is 11.9 Å². The van der Waals surface area contributed by atoms with Crippen LogP contribution in [-0.2, 0) is 14.3 Å². The first-order valence-corrected chi connectivity index (χ1v) is 12.2. The number of ether oxygens (including phenoxy) is 3. The number of anilines is 1. The minimum Gasteiger partial charge on any atom is -0.494 e. The number of aliphatic imine (C=N–C) groups is 1. The molecule has 0 bridgehead atoms. The molecule has 2 aromatic carbocycles. The van der Waals surface area contributed by atoms with Crippen LogP contribution in [-0.4, -0.2) is 41.8 Å². The van der Waals surface area contributed by atoms with Crippen LogP contribution in [0.1, 0.15) is 32.4 Å². The Bertz CT molecular complexity index is 1170. The van der Waals surface area contributed by atoms with Crippen molar-refractivity contribution in [3.05, 3.63) is 77.0 Å². The van der Waals surface area contributed by atoms with E-state index >= 15 is 0 Å². The molecular weight excluding hydrogens is 466 g/mol. The van der Waals surface area contributed by atoms with E-state index in [1.165, 1.54) is 11.8 Å². The second-order valence-electron chi connectivity index (χ2n) is 7.69. The number of amidine groups is 1. The van der Waals surface area contributed by atoms with Gasteiger partial charge < -0.3 is 24.4 Å². The maximum Gasteiger partial charge on any atom is 0.338 e. The number of allylic oxidation sites excluding steroid dienone is 1. The number of benzene rings is 2. The number of fused-ring (bicyclic) bond motifs is 1. The van der Waals surface area contributed by atoms with Gasteiger partial charge in [-0.25, -0.2) is 9.79 Å². The van der Waals surface area contributed by atoms with E-state index in [1.54, 1.807) is 43.3 Å². The fourth-order valence-corrected chi connectivity index (χ4v) is 4.58. The van der Waals surface area contributed by atoms with Crippen molar-refractivity contribution in [2.45, 2.75) is 26.8 Å². The van der Waals surface area contributed by atoms with E-state index in [0.717, 1.165) is 16.5 Å². The van der Waals surface area contributed by atoms with Gasteiger partial charge >= 0.3 is 5.97 Å². The van der Waals surface area contributed by atoms with Crippen molar-refractivity contribution in [1.82, 2.24) is 4.90 Å². The van der Waals surface area contributed by atoms with E-state index in [2.05, 4.69) is 10.3 Å². The zero-order chi connectivity index (χ0) is 24.8. The smallest absolute Gasteiger partial charge is 0.338 e. The zero-order valence-corrected chi connectivity index (χ0v) is 20.6. The molecule has 1 N–H and O–H groups in total. The normalized spacial score (nSPS) is 16.5. The average molecular weight is 494 g/mol.